The zero-order valence-corrected chi connectivity index (χ0v) is 12.0. The van der Waals surface area contributed by atoms with Crippen LogP contribution in [0.5, 0.6) is 0 Å². The summed E-state index contributed by atoms with van der Waals surface area (Å²) in [5, 5.41) is 3.58. The fraction of sp³-hybridized carbons (Fsp3) is 0.562. The summed E-state index contributed by atoms with van der Waals surface area (Å²) in [7, 11) is 1.43. The molecule has 0 amide bonds. The molecule has 1 aliphatic carbocycles. The van der Waals surface area contributed by atoms with Gasteiger partial charge in [-0.3, -0.25) is 4.90 Å². The predicted molar refractivity (Wildman–Crippen MR) is 77.6 cm³/mol. The van der Waals surface area contributed by atoms with E-state index in [0.717, 1.165) is 24.7 Å². The van der Waals surface area contributed by atoms with Crippen molar-refractivity contribution in [3.63, 3.8) is 0 Å². The van der Waals surface area contributed by atoms with E-state index in [4.69, 9.17) is 4.74 Å². The van der Waals surface area contributed by atoms with Crippen molar-refractivity contribution in [1.29, 1.82) is 0 Å². The van der Waals surface area contributed by atoms with Crippen LogP contribution in [0.25, 0.3) is 0 Å². The van der Waals surface area contributed by atoms with Gasteiger partial charge in [-0.05, 0) is 30.9 Å². The lowest BCUT2D eigenvalue weighted by molar-refractivity contribution is 0.0599. The lowest BCUT2D eigenvalue weighted by atomic mass is 10.1. The molecule has 1 heterocycles. The zero-order chi connectivity index (χ0) is 13.9. The van der Waals surface area contributed by atoms with Crippen LogP contribution < -0.4 is 5.32 Å². The first-order valence-electron chi connectivity index (χ1n) is 7.41. The molecule has 2 aliphatic rings. The fourth-order valence-corrected chi connectivity index (χ4v) is 2.96. The Hall–Kier alpha value is -1.39. The van der Waals surface area contributed by atoms with Gasteiger partial charge in [-0.1, -0.05) is 18.2 Å². The molecule has 1 saturated carbocycles. The topological polar surface area (TPSA) is 41.6 Å². The van der Waals surface area contributed by atoms with Crippen molar-refractivity contribution in [3.8, 4) is 0 Å². The van der Waals surface area contributed by atoms with E-state index in [1.54, 1.807) is 0 Å². The van der Waals surface area contributed by atoms with Gasteiger partial charge in [0.1, 0.15) is 0 Å². The molecular formula is C16H22N2O2. The highest BCUT2D eigenvalue weighted by molar-refractivity contribution is 5.90. The standard InChI is InChI=1S/C16H22N2O2/c1-20-16(19)15-5-3-2-4-12(15)10-17-13-8-9-18(11-13)14-6-7-14/h2-5,13-14,17H,6-11H2,1H3. The maximum atomic E-state index is 11.7. The SMILES string of the molecule is COC(=O)c1ccccc1CNC1CCN(C2CC2)C1. The van der Waals surface area contributed by atoms with Gasteiger partial charge in [0.25, 0.3) is 0 Å². The van der Waals surface area contributed by atoms with Crippen molar-refractivity contribution < 1.29 is 9.53 Å². The fourth-order valence-electron chi connectivity index (χ4n) is 2.96. The van der Waals surface area contributed by atoms with E-state index >= 15 is 0 Å². The number of nitrogens with one attached hydrogen (secondary N) is 1. The molecule has 0 radical (unpaired) electrons. The summed E-state index contributed by atoms with van der Waals surface area (Å²) in [6, 6.07) is 9.06. The monoisotopic (exact) mass is 274 g/mol. The van der Waals surface area contributed by atoms with Crippen molar-refractivity contribution in [2.75, 3.05) is 20.2 Å². The molecule has 1 atom stereocenters. The molecule has 108 valence electrons. The maximum Gasteiger partial charge on any atom is 0.338 e. The Kier molecular flexibility index (Phi) is 4.03. The molecule has 2 fully saturated rings. The third-order valence-corrected chi connectivity index (χ3v) is 4.29. The van der Waals surface area contributed by atoms with Crippen LogP contribution in [-0.2, 0) is 11.3 Å². The largest absolute Gasteiger partial charge is 0.465 e. The second-order valence-corrected chi connectivity index (χ2v) is 5.74. The number of ether oxygens (including phenoxy) is 1. The van der Waals surface area contributed by atoms with Crippen molar-refractivity contribution in [1.82, 2.24) is 10.2 Å². The minimum atomic E-state index is -0.256. The van der Waals surface area contributed by atoms with E-state index < -0.39 is 0 Å². The summed E-state index contributed by atoms with van der Waals surface area (Å²) in [6.45, 7) is 3.08. The highest BCUT2D eigenvalue weighted by atomic mass is 16.5. The Balaban J connectivity index is 1.57. The van der Waals surface area contributed by atoms with E-state index in [1.165, 1.54) is 32.9 Å². The van der Waals surface area contributed by atoms with Crippen LogP contribution in [0.3, 0.4) is 0 Å². The van der Waals surface area contributed by atoms with E-state index in [-0.39, 0.29) is 5.97 Å². The second kappa shape index (κ2) is 5.94. The number of nitrogens with zero attached hydrogens (tertiary/aromatic N) is 1. The van der Waals surface area contributed by atoms with Crippen LogP contribution in [0.1, 0.15) is 35.2 Å². The average molecular weight is 274 g/mol. The Morgan fingerprint density at radius 2 is 2.15 bits per heavy atom. The molecule has 0 bridgehead atoms. The normalized spacial score (nSPS) is 22.9. The van der Waals surface area contributed by atoms with Gasteiger partial charge in [-0.25, -0.2) is 4.79 Å². The van der Waals surface area contributed by atoms with E-state index in [0.29, 0.717) is 11.6 Å². The average Bonchev–Trinajstić information content (AvgIpc) is 3.24. The number of hydrogen-bond acceptors (Lipinski definition) is 4. The molecule has 1 aromatic rings. The first kappa shape index (κ1) is 13.6. The number of benzene rings is 1. The number of carbonyl (C=O) groups excluding carboxylic acids is 1. The third-order valence-electron chi connectivity index (χ3n) is 4.29. The molecule has 0 aromatic heterocycles. The van der Waals surface area contributed by atoms with Crippen molar-refractivity contribution in [2.24, 2.45) is 0 Å². The molecule has 1 saturated heterocycles. The number of rotatable bonds is 5. The summed E-state index contributed by atoms with van der Waals surface area (Å²) in [6.07, 6.45) is 3.95. The van der Waals surface area contributed by atoms with E-state index in [9.17, 15) is 4.79 Å². The van der Waals surface area contributed by atoms with Crippen LogP contribution in [0.2, 0.25) is 0 Å². The quantitative estimate of drug-likeness (QED) is 0.831. The number of esters is 1. The van der Waals surface area contributed by atoms with Crippen LogP contribution in [0, 0.1) is 0 Å². The molecule has 1 unspecified atom stereocenters. The Labute approximate surface area is 120 Å². The molecule has 3 rings (SSSR count). The minimum Gasteiger partial charge on any atom is -0.465 e. The summed E-state index contributed by atoms with van der Waals surface area (Å²) in [5.74, 6) is -0.256. The van der Waals surface area contributed by atoms with Gasteiger partial charge in [-0.2, -0.15) is 0 Å². The van der Waals surface area contributed by atoms with Gasteiger partial charge in [0, 0.05) is 31.7 Å². The van der Waals surface area contributed by atoms with Crippen molar-refractivity contribution >= 4 is 5.97 Å². The van der Waals surface area contributed by atoms with Gasteiger partial charge in [0.2, 0.25) is 0 Å². The van der Waals surface area contributed by atoms with Gasteiger partial charge in [-0.15, -0.1) is 0 Å². The third kappa shape index (κ3) is 3.02. The molecule has 4 heteroatoms. The van der Waals surface area contributed by atoms with Crippen molar-refractivity contribution in [2.45, 2.75) is 37.9 Å². The molecule has 20 heavy (non-hydrogen) atoms. The van der Waals surface area contributed by atoms with Crippen LogP contribution in [0.15, 0.2) is 24.3 Å². The second-order valence-electron chi connectivity index (χ2n) is 5.74. The summed E-state index contributed by atoms with van der Waals surface area (Å²) < 4.78 is 4.83. The summed E-state index contributed by atoms with van der Waals surface area (Å²) in [4.78, 5) is 14.3. The van der Waals surface area contributed by atoms with E-state index in [1.807, 2.05) is 24.3 Å². The first-order valence-corrected chi connectivity index (χ1v) is 7.41. The van der Waals surface area contributed by atoms with Crippen LogP contribution in [-0.4, -0.2) is 43.2 Å². The number of methoxy groups -OCH3 is 1. The Morgan fingerprint density at radius 3 is 2.90 bits per heavy atom. The van der Waals surface area contributed by atoms with Gasteiger partial charge >= 0.3 is 5.97 Å². The van der Waals surface area contributed by atoms with Crippen LogP contribution in [0.4, 0.5) is 0 Å². The lowest BCUT2D eigenvalue weighted by Crippen LogP contribution is -2.33. The van der Waals surface area contributed by atoms with Gasteiger partial charge in [0.05, 0.1) is 12.7 Å². The number of likely N-dealkylation sites (tertiary alicyclic amines) is 1. The predicted octanol–water partition coefficient (Wildman–Crippen LogP) is 1.80. The molecule has 1 N–H and O–H groups in total. The van der Waals surface area contributed by atoms with Gasteiger partial charge in [0.15, 0.2) is 0 Å². The van der Waals surface area contributed by atoms with Gasteiger partial charge < -0.3 is 10.1 Å². The van der Waals surface area contributed by atoms with E-state index in [2.05, 4.69) is 10.2 Å². The first-order chi connectivity index (χ1) is 9.78. The summed E-state index contributed by atoms with van der Waals surface area (Å²) >= 11 is 0. The highest BCUT2D eigenvalue weighted by Crippen LogP contribution is 2.29. The molecular weight excluding hydrogens is 252 g/mol. The maximum absolute atomic E-state index is 11.7. The Morgan fingerprint density at radius 1 is 1.35 bits per heavy atom. The lowest BCUT2D eigenvalue weighted by Gasteiger charge is -2.16. The molecule has 0 spiro atoms. The number of carbonyl (C=O) groups is 1. The highest BCUT2D eigenvalue weighted by Gasteiger charge is 2.34. The number of hydrogen-bond donors (Lipinski definition) is 1. The molecule has 4 nitrogen and oxygen atoms in total. The molecule has 1 aromatic carbocycles. The van der Waals surface area contributed by atoms with Crippen LogP contribution >= 0.6 is 0 Å². The van der Waals surface area contributed by atoms with Crippen molar-refractivity contribution in [3.05, 3.63) is 35.4 Å². The minimum absolute atomic E-state index is 0.256. The molecule has 1 aliphatic heterocycles. The smallest absolute Gasteiger partial charge is 0.338 e. The zero-order valence-electron chi connectivity index (χ0n) is 12.0. The summed E-state index contributed by atoms with van der Waals surface area (Å²) in [5.41, 5.74) is 1.68. The Bertz CT molecular complexity index is 485.